The van der Waals surface area contributed by atoms with E-state index in [-0.39, 0.29) is 18.1 Å². The molecular formula is C22H26N2O3. The average molecular weight is 366 g/mol. The second-order valence-electron chi connectivity index (χ2n) is 7.26. The van der Waals surface area contributed by atoms with Gasteiger partial charge in [-0.3, -0.25) is 14.4 Å². The van der Waals surface area contributed by atoms with Crippen LogP contribution in [0.4, 0.5) is 0 Å². The van der Waals surface area contributed by atoms with Gasteiger partial charge in [0.05, 0.1) is 5.41 Å². The molecule has 2 aromatic carbocycles. The lowest BCUT2D eigenvalue weighted by atomic mass is 9.76. The summed E-state index contributed by atoms with van der Waals surface area (Å²) >= 11 is 0. The maximum absolute atomic E-state index is 13.2. The average Bonchev–Trinajstić information content (AvgIpc) is 2.66. The summed E-state index contributed by atoms with van der Waals surface area (Å²) in [7, 11) is 0. The van der Waals surface area contributed by atoms with Gasteiger partial charge < -0.3 is 11.1 Å². The van der Waals surface area contributed by atoms with Crippen molar-refractivity contribution in [2.75, 3.05) is 0 Å². The van der Waals surface area contributed by atoms with Gasteiger partial charge in [-0.05, 0) is 18.4 Å². The number of hydrogen-bond donors (Lipinski definition) is 2. The van der Waals surface area contributed by atoms with Crippen molar-refractivity contribution in [3.05, 3.63) is 71.8 Å². The monoisotopic (exact) mass is 366 g/mol. The summed E-state index contributed by atoms with van der Waals surface area (Å²) in [5.74, 6) is -1.28. The smallest absolute Gasteiger partial charge is 0.240 e. The Hall–Kier alpha value is -2.95. The maximum Gasteiger partial charge on any atom is 0.240 e. The van der Waals surface area contributed by atoms with Gasteiger partial charge in [0.25, 0.3) is 0 Å². The van der Waals surface area contributed by atoms with Gasteiger partial charge >= 0.3 is 0 Å². The molecular weight excluding hydrogens is 340 g/mol. The summed E-state index contributed by atoms with van der Waals surface area (Å²) in [6, 6.07) is 17.2. The number of primary amides is 1. The third-order valence-corrected chi connectivity index (χ3v) is 4.78. The molecule has 2 atom stereocenters. The molecule has 2 aromatic rings. The predicted molar refractivity (Wildman–Crippen MR) is 105 cm³/mol. The summed E-state index contributed by atoms with van der Waals surface area (Å²) in [5.41, 5.74) is 5.56. The minimum absolute atomic E-state index is 0.0174. The minimum Gasteiger partial charge on any atom is -0.368 e. The highest BCUT2D eigenvalue weighted by Crippen LogP contribution is 2.30. The topological polar surface area (TPSA) is 89.3 Å². The lowest BCUT2D eigenvalue weighted by Crippen LogP contribution is -2.53. The van der Waals surface area contributed by atoms with Crippen molar-refractivity contribution in [1.29, 1.82) is 0 Å². The first-order valence-electron chi connectivity index (χ1n) is 8.99. The Balaban J connectivity index is 2.37. The summed E-state index contributed by atoms with van der Waals surface area (Å²) in [6.45, 7) is 5.34. The largest absolute Gasteiger partial charge is 0.368 e. The Morgan fingerprint density at radius 3 is 1.96 bits per heavy atom. The molecule has 0 spiro atoms. The second-order valence-corrected chi connectivity index (χ2v) is 7.26. The molecule has 27 heavy (non-hydrogen) atoms. The van der Waals surface area contributed by atoms with Crippen LogP contribution in [0, 0.1) is 5.92 Å². The molecule has 5 heteroatoms. The minimum atomic E-state index is -1.13. The highest BCUT2D eigenvalue weighted by Gasteiger charge is 2.39. The molecule has 2 rings (SSSR count). The van der Waals surface area contributed by atoms with Crippen LogP contribution in [0.15, 0.2) is 60.7 Å². The van der Waals surface area contributed by atoms with Crippen LogP contribution in [0.2, 0.25) is 0 Å². The summed E-state index contributed by atoms with van der Waals surface area (Å²) in [5, 5.41) is 2.75. The van der Waals surface area contributed by atoms with E-state index in [0.717, 1.165) is 0 Å². The first-order valence-corrected chi connectivity index (χ1v) is 8.99. The van der Waals surface area contributed by atoms with Crippen LogP contribution < -0.4 is 11.1 Å². The molecule has 0 aromatic heterocycles. The molecule has 0 aliphatic carbocycles. The van der Waals surface area contributed by atoms with Crippen molar-refractivity contribution in [3.8, 4) is 0 Å². The Morgan fingerprint density at radius 2 is 1.48 bits per heavy atom. The molecule has 0 heterocycles. The number of Topliss-reactive ketones (excluding diaryl/α,β-unsaturated/α-hetero) is 1. The fraction of sp³-hybridized carbons (Fsp3) is 0.318. The zero-order valence-electron chi connectivity index (χ0n) is 15.9. The fourth-order valence-corrected chi connectivity index (χ4v) is 3.03. The van der Waals surface area contributed by atoms with Gasteiger partial charge in [0.1, 0.15) is 6.04 Å². The standard InChI is InChI=1S/C22H26N2O3/c1-15(2)19(20(23)26)24-21(27)22(3,17-12-8-5-9-13-17)14-18(25)16-10-6-4-7-11-16/h4-13,15,19H,14H2,1-3H3,(H2,23,26)(H,24,27). The number of nitrogens with one attached hydrogen (secondary N) is 1. The number of hydrogen-bond acceptors (Lipinski definition) is 3. The van der Waals surface area contributed by atoms with Gasteiger partial charge in [-0.15, -0.1) is 0 Å². The van der Waals surface area contributed by atoms with Crippen LogP contribution in [0.25, 0.3) is 0 Å². The molecule has 142 valence electrons. The fourth-order valence-electron chi connectivity index (χ4n) is 3.03. The van der Waals surface area contributed by atoms with Crippen LogP contribution in [0.5, 0.6) is 0 Å². The number of carbonyl (C=O) groups is 3. The Morgan fingerprint density at radius 1 is 0.963 bits per heavy atom. The number of benzene rings is 2. The first-order chi connectivity index (χ1) is 12.8. The summed E-state index contributed by atoms with van der Waals surface area (Å²) in [6.07, 6.45) is -0.0174. The number of rotatable bonds is 8. The Labute approximate surface area is 160 Å². The van der Waals surface area contributed by atoms with Crippen LogP contribution in [0.3, 0.4) is 0 Å². The quantitative estimate of drug-likeness (QED) is 0.704. The van der Waals surface area contributed by atoms with Gasteiger partial charge in [0.15, 0.2) is 5.78 Å². The van der Waals surface area contributed by atoms with Crippen molar-refractivity contribution in [2.45, 2.75) is 38.6 Å². The highest BCUT2D eigenvalue weighted by molar-refractivity contribution is 6.02. The molecule has 0 saturated heterocycles. The zero-order chi connectivity index (χ0) is 20.0. The number of carbonyl (C=O) groups excluding carboxylic acids is 3. The van der Waals surface area contributed by atoms with E-state index in [1.165, 1.54) is 0 Å². The zero-order valence-corrected chi connectivity index (χ0v) is 15.9. The van der Waals surface area contributed by atoms with Crippen molar-refractivity contribution in [3.63, 3.8) is 0 Å². The Kier molecular flexibility index (Phi) is 6.50. The molecule has 0 aliphatic heterocycles. The van der Waals surface area contributed by atoms with Gasteiger partial charge in [0, 0.05) is 12.0 Å². The van der Waals surface area contributed by atoms with Crippen LogP contribution >= 0.6 is 0 Å². The van der Waals surface area contributed by atoms with Crippen molar-refractivity contribution >= 4 is 17.6 Å². The third kappa shape index (κ3) is 4.82. The number of ketones is 1. The summed E-state index contributed by atoms with van der Waals surface area (Å²) < 4.78 is 0. The maximum atomic E-state index is 13.2. The van der Waals surface area contributed by atoms with Crippen LogP contribution in [0.1, 0.15) is 43.1 Å². The Bertz CT molecular complexity index is 803. The lowest BCUT2D eigenvalue weighted by molar-refractivity contribution is -0.131. The van der Waals surface area contributed by atoms with Crippen molar-refractivity contribution < 1.29 is 14.4 Å². The van der Waals surface area contributed by atoms with E-state index in [9.17, 15) is 14.4 Å². The van der Waals surface area contributed by atoms with Gasteiger partial charge in [0.2, 0.25) is 11.8 Å². The lowest BCUT2D eigenvalue weighted by Gasteiger charge is -2.31. The van der Waals surface area contributed by atoms with E-state index >= 15 is 0 Å². The molecule has 2 amide bonds. The molecule has 0 bridgehead atoms. The van der Waals surface area contributed by atoms with E-state index in [2.05, 4.69) is 5.32 Å². The van der Waals surface area contributed by atoms with Gasteiger partial charge in [-0.1, -0.05) is 74.5 Å². The molecule has 5 nitrogen and oxygen atoms in total. The number of amides is 2. The summed E-state index contributed by atoms with van der Waals surface area (Å²) in [4.78, 5) is 37.7. The molecule has 2 unspecified atom stereocenters. The second kappa shape index (κ2) is 8.62. The molecule has 0 aliphatic rings. The SMILES string of the molecule is CC(C)C(NC(=O)C(C)(CC(=O)c1ccccc1)c1ccccc1)C(N)=O. The number of nitrogens with two attached hydrogens (primary N) is 1. The van der Waals surface area contributed by atoms with E-state index in [0.29, 0.717) is 11.1 Å². The molecule has 0 saturated carbocycles. The van der Waals surface area contributed by atoms with Crippen LogP contribution in [-0.2, 0) is 15.0 Å². The normalized spacial score (nSPS) is 14.2. The van der Waals surface area contributed by atoms with E-state index in [1.54, 1.807) is 31.2 Å². The van der Waals surface area contributed by atoms with Crippen molar-refractivity contribution in [1.82, 2.24) is 5.32 Å². The van der Waals surface area contributed by atoms with Crippen molar-refractivity contribution in [2.24, 2.45) is 11.7 Å². The molecule has 0 radical (unpaired) electrons. The van der Waals surface area contributed by atoms with Gasteiger partial charge in [-0.2, -0.15) is 0 Å². The van der Waals surface area contributed by atoms with E-state index < -0.39 is 23.3 Å². The first kappa shape index (κ1) is 20.4. The molecule has 0 fully saturated rings. The predicted octanol–water partition coefficient (Wildman–Crippen LogP) is 2.84. The third-order valence-electron chi connectivity index (χ3n) is 4.78. The highest BCUT2D eigenvalue weighted by atomic mass is 16.2. The molecule has 3 N–H and O–H groups in total. The van der Waals surface area contributed by atoms with Gasteiger partial charge in [-0.25, -0.2) is 0 Å². The van der Waals surface area contributed by atoms with E-state index in [1.807, 2.05) is 50.2 Å². The van der Waals surface area contributed by atoms with E-state index in [4.69, 9.17) is 5.73 Å². The van der Waals surface area contributed by atoms with Crippen LogP contribution in [-0.4, -0.2) is 23.6 Å².